The van der Waals surface area contributed by atoms with E-state index in [4.69, 9.17) is 4.74 Å². The van der Waals surface area contributed by atoms with Gasteiger partial charge in [0, 0.05) is 56.0 Å². The lowest BCUT2D eigenvalue weighted by Gasteiger charge is -2.39. The molecule has 0 bridgehead atoms. The normalized spacial score (nSPS) is 15.7. The van der Waals surface area contributed by atoms with Crippen molar-refractivity contribution < 1.29 is 19.3 Å². The Balaban J connectivity index is 1.22. The zero-order chi connectivity index (χ0) is 31.3. The first-order chi connectivity index (χ1) is 21.9. The number of benzene rings is 2. The average molecular weight is 613 g/mol. The van der Waals surface area contributed by atoms with Crippen LogP contribution < -0.4 is 10.6 Å². The topological polar surface area (TPSA) is 135 Å². The van der Waals surface area contributed by atoms with Gasteiger partial charge < -0.3 is 35.5 Å². The molecule has 0 spiro atoms. The average Bonchev–Trinajstić information content (AvgIpc) is 3.50. The van der Waals surface area contributed by atoms with E-state index in [0.717, 1.165) is 60.1 Å². The second-order valence-corrected chi connectivity index (χ2v) is 11.1. The maximum Gasteiger partial charge on any atom is 0.227 e. The summed E-state index contributed by atoms with van der Waals surface area (Å²) in [7, 11) is 3.73. The number of pyridine rings is 1. The lowest BCUT2D eigenvalue weighted by Crippen LogP contribution is -2.56. The van der Waals surface area contributed by atoms with Gasteiger partial charge in [-0.25, -0.2) is 14.4 Å². The molecule has 1 fully saturated rings. The van der Waals surface area contributed by atoms with Crippen LogP contribution in [0.5, 0.6) is 0 Å². The third-order valence-electron chi connectivity index (χ3n) is 8.21. The Morgan fingerprint density at radius 1 is 1.00 bits per heavy atom. The Kier molecular flexibility index (Phi) is 9.29. The molecule has 3 aromatic heterocycles. The van der Waals surface area contributed by atoms with E-state index in [9.17, 15) is 10.2 Å². The molecule has 0 amide bonds. The van der Waals surface area contributed by atoms with E-state index < -0.39 is 12.0 Å². The van der Waals surface area contributed by atoms with E-state index in [2.05, 4.69) is 47.4 Å². The molecule has 0 saturated carbocycles. The molecule has 1 unspecified atom stereocenters. The van der Waals surface area contributed by atoms with Gasteiger partial charge in [-0.15, -0.1) is 0 Å². The highest BCUT2D eigenvalue weighted by Crippen LogP contribution is 2.34. The van der Waals surface area contributed by atoms with E-state index in [1.807, 2.05) is 54.6 Å². The number of piperazine rings is 1. The third kappa shape index (κ3) is 6.65. The van der Waals surface area contributed by atoms with Crippen LogP contribution in [0.4, 0.5) is 21.7 Å². The highest BCUT2D eigenvalue weighted by atomic mass is 19.1. The molecule has 1 saturated heterocycles. The summed E-state index contributed by atoms with van der Waals surface area (Å²) < 4.78 is 20.6. The van der Waals surface area contributed by atoms with E-state index in [0.29, 0.717) is 23.5 Å². The van der Waals surface area contributed by atoms with Gasteiger partial charge in [0.05, 0.1) is 54.2 Å². The van der Waals surface area contributed by atoms with Crippen LogP contribution in [0.1, 0.15) is 5.56 Å². The number of H-pyrrole nitrogens is 1. The standard InChI is InChI=1S/C33H37FN8O3/c1-41-12-14-42(15-13-41)29(20-45-2)32(44)39-28-9-5-8-24-25(17-36-31(24)28)30-26(34)18-37-33(40-30)38-22-10-11-27(35-16-22)23-7-4-3-6-21(23)19-43/h3-11,16-18,29,32,36,39,43-44H,12-15,19-20H2,1-2H3,(H,37,38,40)/t29-,32?/m1/s1. The number of likely N-dealkylation sites (N-methyl/N-ethyl adjacent to an activating group) is 1. The number of anilines is 3. The maximum absolute atomic E-state index is 15.2. The third-order valence-corrected chi connectivity index (χ3v) is 8.21. The molecule has 0 aliphatic carbocycles. The van der Waals surface area contributed by atoms with Gasteiger partial charge in [-0.1, -0.05) is 36.4 Å². The van der Waals surface area contributed by atoms with Crippen LogP contribution in [0, 0.1) is 5.82 Å². The monoisotopic (exact) mass is 612 g/mol. The highest BCUT2D eigenvalue weighted by molar-refractivity contribution is 6.01. The Hall–Kier alpha value is -4.46. The van der Waals surface area contributed by atoms with Crippen molar-refractivity contribution in [3.8, 4) is 22.5 Å². The number of nitrogens with zero attached hydrogens (tertiary/aromatic N) is 5. The number of nitrogens with one attached hydrogen (secondary N) is 3. The van der Waals surface area contributed by atoms with Crippen molar-refractivity contribution in [2.24, 2.45) is 0 Å². The molecule has 2 aromatic carbocycles. The van der Waals surface area contributed by atoms with Gasteiger partial charge in [0.1, 0.15) is 11.9 Å². The Bertz CT molecular complexity index is 1740. The van der Waals surface area contributed by atoms with Crippen molar-refractivity contribution in [2.45, 2.75) is 18.9 Å². The molecule has 0 radical (unpaired) electrons. The molecule has 6 rings (SSSR count). The lowest BCUT2D eigenvalue weighted by molar-refractivity contribution is -0.00377. The Morgan fingerprint density at radius 3 is 2.58 bits per heavy atom. The van der Waals surface area contributed by atoms with Crippen LogP contribution in [0.25, 0.3) is 33.4 Å². The smallest absolute Gasteiger partial charge is 0.227 e. The maximum atomic E-state index is 15.2. The number of hydrogen-bond acceptors (Lipinski definition) is 10. The number of halogens is 1. The van der Waals surface area contributed by atoms with Gasteiger partial charge in [-0.3, -0.25) is 9.88 Å². The number of aliphatic hydroxyl groups excluding tert-OH is 2. The predicted octanol–water partition coefficient (Wildman–Crippen LogP) is 4.05. The van der Waals surface area contributed by atoms with E-state index >= 15 is 4.39 Å². The number of aromatic amines is 1. The molecule has 1 aliphatic rings. The molecule has 45 heavy (non-hydrogen) atoms. The first-order valence-electron chi connectivity index (χ1n) is 14.9. The largest absolute Gasteiger partial charge is 0.392 e. The fourth-order valence-electron chi connectivity index (χ4n) is 5.73. The first kappa shape index (κ1) is 30.6. The number of fused-ring (bicyclic) bond motifs is 1. The number of aromatic nitrogens is 4. The van der Waals surface area contributed by atoms with Gasteiger partial charge in [-0.2, -0.15) is 0 Å². The van der Waals surface area contributed by atoms with E-state index in [-0.39, 0.29) is 24.3 Å². The molecule has 1 aliphatic heterocycles. The molecule has 5 aromatic rings. The molecule has 2 atom stereocenters. The molecule has 12 heteroatoms. The zero-order valence-corrected chi connectivity index (χ0v) is 25.2. The fourth-order valence-corrected chi connectivity index (χ4v) is 5.73. The highest BCUT2D eigenvalue weighted by Gasteiger charge is 2.29. The Morgan fingerprint density at radius 2 is 1.82 bits per heavy atom. The van der Waals surface area contributed by atoms with Gasteiger partial charge in [0.25, 0.3) is 0 Å². The van der Waals surface area contributed by atoms with E-state index in [1.165, 1.54) is 0 Å². The summed E-state index contributed by atoms with van der Waals surface area (Å²) in [6.07, 6.45) is 3.60. The molecule has 11 nitrogen and oxygen atoms in total. The van der Waals surface area contributed by atoms with Crippen molar-refractivity contribution in [3.63, 3.8) is 0 Å². The van der Waals surface area contributed by atoms with Crippen LogP contribution in [0.3, 0.4) is 0 Å². The minimum Gasteiger partial charge on any atom is -0.392 e. The summed E-state index contributed by atoms with van der Waals surface area (Å²) in [5.41, 5.74) is 5.08. The number of ether oxygens (including phenoxy) is 1. The van der Waals surface area contributed by atoms with Crippen molar-refractivity contribution in [1.82, 2.24) is 29.7 Å². The number of para-hydroxylation sites is 1. The predicted molar refractivity (Wildman–Crippen MR) is 173 cm³/mol. The van der Waals surface area contributed by atoms with Crippen LogP contribution in [-0.2, 0) is 11.3 Å². The second kappa shape index (κ2) is 13.7. The molecular weight excluding hydrogens is 575 g/mol. The van der Waals surface area contributed by atoms with Gasteiger partial charge in [0.15, 0.2) is 5.82 Å². The van der Waals surface area contributed by atoms with Crippen molar-refractivity contribution in [1.29, 1.82) is 0 Å². The van der Waals surface area contributed by atoms with Crippen LogP contribution in [0.2, 0.25) is 0 Å². The summed E-state index contributed by atoms with van der Waals surface area (Å²) >= 11 is 0. The first-order valence-corrected chi connectivity index (χ1v) is 14.9. The second-order valence-electron chi connectivity index (χ2n) is 11.1. The van der Waals surface area contributed by atoms with Crippen LogP contribution >= 0.6 is 0 Å². The van der Waals surface area contributed by atoms with Gasteiger partial charge >= 0.3 is 0 Å². The summed E-state index contributed by atoms with van der Waals surface area (Å²) in [5.74, 6) is -0.352. The van der Waals surface area contributed by atoms with Crippen LogP contribution in [-0.4, -0.2) is 99.2 Å². The SMILES string of the molecule is COC[C@H](C(O)Nc1cccc2c(-c3nc(Nc4ccc(-c5ccccc5CO)nc4)ncc3F)c[nH]c12)N1CCN(C)CC1. The minimum absolute atomic E-state index is 0.0824. The number of methoxy groups -OCH3 is 1. The number of rotatable bonds is 11. The summed E-state index contributed by atoms with van der Waals surface area (Å²) in [5, 5.41) is 28.0. The zero-order valence-electron chi connectivity index (χ0n) is 25.2. The van der Waals surface area contributed by atoms with Crippen molar-refractivity contribution in [2.75, 3.05) is 57.6 Å². The van der Waals surface area contributed by atoms with Crippen molar-refractivity contribution >= 4 is 28.2 Å². The van der Waals surface area contributed by atoms with E-state index in [1.54, 1.807) is 19.5 Å². The fraction of sp³-hybridized carbons (Fsp3) is 0.303. The molecular formula is C33H37FN8O3. The van der Waals surface area contributed by atoms with Crippen LogP contribution in [0.15, 0.2) is 73.2 Å². The molecule has 234 valence electrons. The van der Waals surface area contributed by atoms with Crippen molar-refractivity contribution in [3.05, 3.63) is 84.6 Å². The summed E-state index contributed by atoms with van der Waals surface area (Å²) in [6.45, 7) is 3.80. The Labute approximate surface area is 260 Å². The summed E-state index contributed by atoms with van der Waals surface area (Å²) in [6, 6.07) is 16.6. The number of aliphatic hydroxyl groups is 2. The van der Waals surface area contributed by atoms with Gasteiger partial charge in [-0.05, 0) is 30.8 Å². The quantitative estimate of drug-likeness (QED) is 0.139. The van der Waals surface area contributed by atoms with Gasteiger partial charge in [0.2, 0.25) is 5.95 Å². The summed E-state index contributed by atoms with van der Waals surface area (Å²) in [4.78, 5) is 20.9. The minimum atomic E-state index is -0.894. The number of hydrogen-bond donors (Lipinski definition) is 5. The molecule has 4 heterocycles. The lowest BCUT2D eigenvalue weighted by atomic mass is 10.0. The molecule has 5 N–H and O–H groups in total.